The molecular weight excluding hydrogens is 495 g/mol. The molecule has 1 aromatic carbocycles. The standard InChI is InChI=1S/C24H24F3N5O3S/c1-14-7-29-21(36-14)17-3-16(20(33)28-8-15-9-30-22(31-10-15)24(25,26)27)4-19(5-17)34-13-23-6-18(11-35-23)32(2)12-23/h3-5,7,9-10,18H,6,8,11-13H2,1-2H3,(H,28,33). The van der Waals surface area contributed by atoms with Crippen molar-refractivity contribution in [2.75, 3.05) is 26.8 Å². The highest BCUT2D eigenvalue weighted by Gasteiger charge is 2.50. The van der Waals surface area contributed by atoms with Crippen molar-refractivity contribution in [1.82, 2.24) is 25.2 Å². The van der Waals surface area contributed by atoms with Crippen LogP contribution in [0.2, 0.25) is 0 Å². The lowest BCUT2D eigenvalue weighted by molar-refractivity contribution is -0.145. The molecule has 190 valence electrons. The van der Waals surface area contributed by atoms with Gasteiger partial charge in [-0.05, 0) is 38.6 Å². The molecule has 2 saturated heterocycles. The topological polar surface area (TPSA) is 89.5 Å². The molecule has 2 aromatic heterocycles. The van der Waals surface area contributed by atoms with Gasteiger partial charge in [0, 0.05) is 59.3 Å². The predicted molar refractivity (Wildman–Crippen MR) is 126 cm³/mol. The number of hydrogen-bond donors (Lipinski definition) is 1. The van der Waals surface area contributed by atoms with Crippen LogP contribution in [0.1, 0.15) is 33.0 Å². The number of carbonyl (C=O) groups is 1. The molecule has 8 nitrogen and oxygen atoms in total. The third kappa shape index (κ3) is 5.20. The van der Waals surface area contributed by atoms with Crippen molar-refractivity contribution < 1.29 is 27.4 Å². The van der Waals surface area contributed by atoms with E-state index in [1.54, 1.807) is 18.3 Å². The van der Waals surface area contributed by atoms with Crippen LogP contribution in [0.15, 0.2) is 36.8 Å². The van der Waals surface area contributed by atoms with Crippen LogP contribution in [0.3, 0.4) is 0 Å². The Kier molecular flexibility index (Phi) is 6.43. The Morgan fingerprint density at radius 2 is 2.03 bits per heavy atom. The van der Waals surface area contributed by atoms with Crippen LogP contribution in [0.25, 0.3) is 10.6 Å². The van der Waals surface area contributed by atoms with E-state index in [1.807, 2.05) is 13.0 Å². The summed E-state index contributed by atoms with van der Waals surface area (Å²) < 4.78 is 50.2. The molecule has 1 amide bonds. The molecule has 0 radical (unpaired) electrons. The Labute approximate surface area is 209 Å². The predicted octanol–water partition coefficient (Wildman–Crippen LogP) is 3.71. The van der Waals surface area contributed by atoms with Crippen LogP contribution in [0.4, 0.5) is 13.2 Å². The molecule has 4 heterocycles. The lowest BCUT2D eigenvalue weighted by Crippen LogP contribution is -2.44. The first-order chi connectivity index (χ1) is 17.1. The molecule has 2 aliphatic rings. The third-order valence-corrected chi connectivity index (χ3v) is 7.26. The highest BCUT2D eigenvalue weighted by atomic mass is 32.1. The van der Waals surface area contributed by atoms with Gasteiger partial charge in [-0.3, -0.25) is 9.69 Å². The van der Waals surface area contributed by atoms with Crippen molar-refractivity contribution in [3.05, 3.63) is 58.6 Å². The van der Waals surface area contributed by atoms with E-state index in [0.29, 0.717) is 36.1 Å². The van der Waals surface area contributed by atoms with E-state index in [-0.39, 0.29) is 12.1 Å². The Balaban J connectivity index is 1.33. The second-order valence-electron chi connectivity index (χ2n) is 9.17. The van der Waals surface area contributed by atoms with Gasteiger partial charge >= 0.3 is 6.18 Å². The number of nitrogens with zero attached hydrogens (tertiary/aromatic N) is 4. The molecule has 2 fully saturated rings. The van der Waals surface area contributed by atoms with Gasteiger partial charge < -0.3 is 14.8 Å². The van der Waals surface area contributed by atoms with E-state index >= 15 is 0 Å². The Morgan fingerprint density at radius 3 is 2.64 bits per heavy atom. The van der Waals surface area contributed by atoms with Gasteiger partial charge in [-0.15, -0.1) is 11.3 Å². The first-order valence-electron chi connectivity index (χ1n) is 11.3. The van der Waals surface area contributed by atoms with Crippen LogP contribution < -0.4 is 10.1 Å². The summed E-state index contributed by atoms with van der Waals surface area (Å²) in [6, 6.07) is 5.60. The number of amides is 1. The summed E-state index contributed by atoms with van der Waals surface area (Å²) in [6.07, 6.45) is 0.137. The molecule has 5 rings (SSSR count). The molecule has 2 aliphatic heterocycles. The number of fused-ring (bicyclic) bond motifs is 2. The van der Waals surface area contributed by atoms with Crippen molar-refractivity contribution >= 4 is 17.2 Å². The van der Waals surface area contributed by atoms with Crippen molar-refractivity contribution in [1.29, 1.82) is 0 Å². The number of hydrogen-bond acceptors (Lipinski definition) is 8. The van der Waals surface area contributed by atoms with E-state index in [1.165, 1.54) is 11.3 Å². The van der Waals surface area contributed by atoms with Gasteiger partial charge in [-0.1, -0.05) is 0 Å². The summed E-state index contributed by atoms with van der Waals surface area (Å²) in [7, 11) is 2.07. The molecule has 0 saturated carbocycles. The van der Waals surface area contributed by atoms with Crippen LogP contribution >= 0.6 is 11.3 Å². The fourth-order valence-electron chi connectivity index (χ4n) is 4.46. The van der Waals surface area contributed by atoms with Gasteiger partial charge in [0.05, 0.1) is 6.61 Å². The normalized spacial score (nSPS) is 21.6. The lowest BCUT2D eigenvalue weighted by Gasteiger charge is -2.30. The van der Waals surface area contributed by atoms with Crippen LogP contribution in [0, 0.1) is 6.92 Å². The number of likely N-dealkylation sites (N-methyl/N-ethyl adjacent to an activating group) is 1. The smallest absolute Gasteiger partial charge is 0.451 e. The van der Waals surface area contributed by atoms with Crippen molar-refractivity contribution in [2.45, 2.75) is 37.7 Å². The summed E-state index contributed by atoms with van der Waals surface area (Å²) in [6.45, 7) is 3.74. The van der Waals surface area contributed by atoms with Gasteiger partial charge in [0.15, 0.2) is 0 Å². The number of carbonyl (C=O) groups excluding carboxylic acids is 1. The number of ether oxygens (including phenoxy) is 2. The average Bonchev–Trinajstić information content (AvgIpc) is 3.55. The SMILES string of the molecule is Cc1cnc(-c2cc(OCC34CC(CO3)N(C)C4)cc(C(=O)NCc3cnc(C(F)(F)F)nc3)c2)s1. The number of rotatable bonds is 7. The Morgan fingerprint density at radius 1 is 1.25 bits per heavy atom. The highest BCUT2D eigenvalue weighted by Crippen LogP contribution is 2.37. The zero-order valence-electron chi connectivity index (χ0n) is 19.6. The molecule has 0 aliphatic carbocycles. The van der Waals surface area contributed by atoms with E-state index in [0.717, 1.165) is 40.8 Å². The molecule has 12 heteroatoms. The average molecular weight is 520 g/mol. The number of halogens is 3. The maximum Gasteiger partial charge on any atom is 0.451 e. The molecular formula is C24H24F3N5O3S. The van der Waals surface area contributed by atoms with E-state index in [2.05, 4.69) is 32.2 Å². The molecule has 2 atom stereocenters. The quantitative estimate of drug-likeness (QED) is 0.509. The fraction of sp³-hybridized carbons (Fsp3) is 0.417. The molecule has 2 bridgehead atoms. The van der Waals surface area contributed by atoms with Crippen LogP contribution in [-0.2, 0) is 17.5 Å². The zero-order valence-corrected chi connectivity index (χ0v) is 20.4. The van der Waals surface area contributed by atoms with E-state index in [9.17, 15) is 18.0 Å². The summed E-state index contributed by atoms with van der Waals surface area (Å²) >= 11 is 1.50. The second kappa shape index (κ2) is 9.41. The third-order valence-electron chi connectivity index (χ3n) is 6.30. The van der Waals surface area contributed by atoms with Crippen LogP contribution in [0.5, 0.6) is 5.75 Å². The summed E-state index contributed by atoms with van der Waals surface area (Å²) in [5.74, 6) is -1.12. The summed E-state index contributed by atoms with van der Waals surface area (Å²) in [4.78, 5) is 27.4. The Hall–Kier alpha value is -3.09. The number of aryl methyl sites for hydroxylation is 1. The minimum Gasteiger partial charge on any atom is -0.490 e. The largest absolute Gasteiger partial charge is 0.490 e. The first kappa shape index (κ1) is 24.6. The van der Waals surface area contributed by atoms with Gasteiger partial charge in [-0.25, -0.2) is 15.0 Å². The van der Waals surface area contributed by atoms with Crippen molar-refractivity contribution in [3.63, 3.8) is 0 Å². The number of nitrogens with one attached hydrogen (secondary N) is 1. The second-order valence-corrected chi connectivity index (χ2v) is 10.4. The Bertz CT molecular complexity index is 1260. The van der Waals surface area contributed by atoms with Gasteiger partial charge in [-0.2, -0.15) is 13.2 Å². The number of likely N-dealkylation sites (tertiary alicyclic amines) is 1. The molecule has 2 unspecified atom stereocenters. The molecule has 3 aromatic rings. The van der Waals surface area contributed by atoms with Gasteiger partial charge in [0.1, 0.15) is 23.0 Å². The van der Waals surface area contributed by atoms with Crippen LogP contribution in [-0.4, -0.2) is 64.2 Å². The number of benzene rings is 1. The maximum atomic E-state index is 13.0. The van der Waals surface area contributed by atoms with Gasteiger partial charge in [0.25, 0.3) is 5.91 Å². The lowest BCUT2D eigenvalue weighted by atomic mass is 10.0. The highest BCUT2D eigenvalue weighted by molar-refractivity contribution is 7.14. The van der Waals surface area contributed by atoms with Crippen molar-refractivity contribution in [2.24, 2.45) is 0 Å². The summed E-state index contributed by atoms with van der Waals surface area (Å²) in [5, 5.41) is 3.46. The van der Waals surface area contributed by atoms with Crippen molar-refractivity contribution in [3.8, 4) is 16.3 Å². The number of morpholine rings is 1. The molecule has 1 N–H and O–H groups in total. The van der Waals surface area contributed by atoms with Gasteiger partial charge in [0.2, 0.25) is 5.82 Å². The number of thiazole rings is 1. The van der Waals surface area contributed by atoms with E-state index in [4.69, 9.17) is 9.47 Å². The monoisotopic (exact) mass is 519 g/mol. The van der Waals surface area contributed by atoms with E-state index < -0.39 is 17.9 Å². The first-order valence-corrected chi connectivity index (χ1v) is 12.1. The minimum atomic E-state index is -4.62. The minimum absolute atomic E-state index is 0.0293. The zero-order chi connectivity index (χ0) is 25.5. The molecule has 0 spiro atoms. The maximum absolute atomic E-state index is 13.0. The summed E-state index contributed by atoms with van der Waals surface area (Å²) in [5.41, 5.74) is 1.06. The fourth-order valence-corrected chi connectivity index (χ4v) is 5.21. The number of aromatic nitrogens is 3. The number of alkyl halides is 3. The molecule has 36 heavy (non-hydrogen) atoms.